The number of hydrogen-bond acceptors (Lipinski definition) is 4. The van der Waals surface area contributed by atoms with Gasteiger partial charge in [0.15, 0.2) is 0 Å². The SMILES string of the molecule is Cn1cnc(C(C#N)N2CCN(C3CCCC3)CC2)c1. The molecule has 2 fully saturated rings. The molecule has 108 valence electrons. The van der Waals surface area contributed by atoms with E-state index in [1.807, 2.05) is 17.8 Å². The van der Waals surface area contributed by atoms with Gasteiger partial charge in [0.25, 0.3) is 0 Å². The summed E-state index contributed by atoms with van der Waals surface area (Å²) in [6.45, 7) is 4.14. The maximum Gasteiger partial charge on any atom is 0.142 e. The third-order valence-corrected chi connectivity index (χ3v) is 4.68. The monoisotopic (exact) mass is 273 g/mol. The second-order valence-electron chi connectivity index (χ2n) is 6.01. The fourth-order valence-corrected chi connectivity index (χ4v) is 3.54. The first kappa shape index (κ1) is 13.6. The van der Waals surface area contributed by atoms with Gasteiger partial charge in [-0.2, -0.15) is 5.26 Å². The molecule has 1 saturated carbocycles. The van der Waals surface area contributed by atoms with Crippen molar-refractivity contribution in [3.8, 4) is 6.07 Å². The van der Waals surface area contributed by atoms with Gasteiger partial charge in [0.05, 0.1) is 18.1 Å². The lowest BCUT2D eigenvalue weighted by Crippen LogP contribution is -2.50. The lowest BCUT2D eigenvalue weighted by molar-refractivity contribution is 0.0831. The Hall–Kier alpha value is -1.38. The molecule has 1 unspecified atom stereocenters. The number of nitrogens with zero attached hydrogens (tertiary/aromatic N) is 5. The van der Waals surface area contributed by atoms with Gasteiger partial charge in [-0.25, -0.2) is 4.98 Å². The smallest absolute Gasteiger partial charge is 0.142 e. The van der Waals surface area contributed by atoms with Crippen LogP contribution in [0.3, 0.4) is 0 Å². The van der Waals surface area contributed by atoms with Crippen molar-refractivity contribution in [3.63, 3.8) is 0 Å². The lowest BCUT2D eigenvalue weighted by atomic mass is 10.1. The van der Waals surface area contributed by atoms with Gasteiger partial charge in [0, 0.05) is 45.5 Å². The molecule has 1 aromatic heterocycles. The molecule has 0 radical (unpaired) electrons. The molecule has 5 heteroatoms. The third-order valence-electron chi connectivity index (χ3n) is 4.68. The first-order valence-electron chi connectivity index (χ1n) is 7.63. The highest BCUT2D eigenvalue weighted by Gasteiger charge is 2.30. The molecule has 1 aliphatic heterocycles. The summed E-state index contributed by atoms with van der Waals surface area (Å²) < 4.78 is 1.91. The van der Waals surface area contributed by atoms with Gasteiger partial charge >= 0.3 is 0 Å². The zero-order valence-electron chi connectivity index (χ0n) is 12.2. The molecule has 1 atom stereocenters. The van der Waals surface area contributed by atoms with Crippen molar-refractivity contribution in [2.24, 2.45) is 7.05 Å². The fraction of sp³-hybridized carbons (Fsp3) is 0.733. The summed E-state index contributed by atoms with van der Waals surface area (Å²) in [6, 6.07) is 3.02. The molecule has 0 aromatic carbocycles. The first-order valence-corrected chi connectivity index (χ1v) is 7.63. The van der Waals surface area contributed by atoms with Gasteiger partial charge in [0.2, 0.25) is 0 Å². The Balaban J connectivity index is 1.60. The largest absolute Gasteiger partial charge is 0.340 e. The second-order valence-corrected chi connectivity index (χ2v) is 6.01. The molecule has 1 saturated heterocycles. The number of aryl methyl sites for hydroxylation is 1. The van der Waals surface area contributed by atoms with Crippen LogP contribution in [-0.2, 0) is 7.05 Å². The summed E-state index contributed by atoms with van der Waals surface area (Å²) in [7, 11) is 1.95. The predicted octanol–water partition coefficient (Wildman–Crippen LogP) is 1.54. The standard InChI is InChI=1S/C15H23N5/c1-18-11-14(17-12-18)15(10-16)20-8-6-19(7-9-20)13-4-2-3-5-13/h11-13,15H,2-9H2,1H3. The van der Waals surface area contributed by atoms with Crippen molar-refractivity contribution in [1.82, 2.24) is 19.4 Å². The molecule has 0 N–H and O–H groups in total. The van der Waals surface area contributed by atoms with Gasteiger partial charge in [-0.1, -0.05) is 12.8 Å². The van der Waals surface area contributed by atoms with Crippen molar-refractivity contribution in [3.05, 3.63) is 18.2 Å². The van der Waals surface area contributed by atoms with Crippen LogP contribution < -0.4 is 0 Å². The van der Waals surface area contributed by atoms with E-state index in [0.717, 1.165) is 37.9 Å². The van der Waals surface area contributed by atoms with Crippen molar-refractivity contribution in [2.45, 2.75) is 37.8 Å². The van der Waals surface area contributed by atoms with Gasteiger partial charge in [-0.05, 0) is 12.8 Å². The highest BCUT2D eigenvalue weighted by Crippen LogP contribution is 2.26. The van der Waals surface area contributed by atoms with Crippen LogP contribution in [0.2, 0.25) is 0 Å². The van der Waals surface area contributed by atoms with E-state index in [-0.39, 0.29) is 6.04 Å². The molecular weight excluding hydrogens is 250 g/mol. The van der Waals surface area contributed by atoms with E-state index in [9.17, 15) is 5.26 Å². The van der Waals surface area contributed by atoms with Crippen LogP contribution in [0.1, 0.15) is 37.4 Å². The molecule has 0 bridgehead atoms. The molecule has 2 aliphatic rings. The number of hydrogen-bond donors (Lipinski definition) is 0. The maximum absolute atomic E-state index is 9.46. The van der Waals surface area contributed by atoms with Gasteiger partial charge in [-0.3, -0.25) is 9.80 Å². The van der Waals surface area contributed by atoms with Crippen LogP contribution in [0.15, 0.2) is 12.5 Å². The Labute approximate surface area is 120 Å². The molecule has 1 aliphatic carbocycles. The van der Waals surface area contributed by atoms with E-state index >= 15 is 0 Å². The number of piperazine rings is 1. The Kier molecular flexibility index (Phi) is 4.04. The van der Waals surface area contributed by atoms with Gasteiger partial charge in [0.1, 0.15) is 6.04 Å². The average molecular weight is 273 g/mol. The van der Waals surface area contributed by atoms with Crippen LogP contribution in [0.25, 0.3) is 0 Å². The van der Waals surface area contributed by atoms with Gasteiger partial charge in [-0.15, -0.1) is 0 Å². The minimum atomic E-state index is -0.193. The zero-order valence-corrected chi connectivity index (χ0v) is 12.2. The van der Waals surface area contributed by atoms with Crippen molar-refractivity contribution in [1.29, 1.82) is 5.26 Å². The second kappa shape index (κ2) is 5.94. The topological polar surface area (TPSA) is 48.1 Å². The van der Waals surface area contributed by atoms with Crippen LogP contribution >= 0.6 is 0 Å². The number of imidazole rings is 1. The van der Waals surface area contributed by atoms with Crippen LogP contribution in [0.5, 0.6) is 0 Å². The van der Waals surface area contributed by atoms with Crippen molar-refractivity contribution in [2.75, 3.05) is 26.2 Å². The van der Waals surface area contributed by atoms with Crippen LogP contribution in [-0.4, -0.2) is 51.6 Å². The summed E-state index contributed by atoms with van der Waals surface area (Å²) in [6.07, 6.45) is 9.23. The lowest BCUT2D eigenvalue weighted by Gasteiger charge is -2.39. The summed E-state index contributed by atoms with van der Waals surface area (Å²) in [5.74, 6) is 0. The maximum atomic E-state index is 9.46. The highest BCUT2D eigenvalue weighted by molar-refractivity contribution is 5.13. The molecule has 0 spiro atoms. The van der Waals surface area contributed by atoms with E-state index in [1.54, 1.807) is 6.33 Å². The molecule has 3 rings (SSSR count). The Morgan fingerprint density at radius 1 is 1.25 bits per heavy atom. The first-order chi connectivity index (χ1) is 9.78. The van der Waals surface area contributed by atoms with Crippen molar-refractivity contribution < 1.29 is 0 Å². The molecule has 20 heavy (non-hydrogen) atoms. The van der Waals surface area contributed by atoms with E-state index in [0.29, 0.717) is 0 Å². The molecule has 1 aromatic rings. The van der Waals surface area contributed by atoms with E-state index < -0.39 is 0 Å². The normalized spacial score (nSPS) is 23.8. The summed E-state index contributed by atoms with van der Waals surface area (Å²) in [4.78, 5) is 9.24. The molecule has 2 heterocycles. The van der Waals surface area contributed by atoms with Crippen LogP contribution in [0.4, 0.5) is 0 Å². The molecular formula is C15H23N5. The minimum absolute atomic E-state index is 0.193. The van der Waals surface area contributed by atoms with Crippen LogP contribution in [0, 0.1) is 11.3 Å². The summed E-state index contributed by atoms with van der Waals surface area (Å²) in [5, 5.41) is 9.46. The van der Waals surface area contributed by atoms with Crippen molar-refractivity contribution >= 4 is 0 Å². The number of rotatable bonds is 3. The Bertz CT molecular complexity index is 475. The number of aromatic nitrogens is 2. The Morgan fingerprint density at radius 3 is 2.50 bits per heavy atom. The molecule has 0 amide bonds. The molecule has 5 nitrogen and oxygen atoms in total. The van der Waals surface area contributed by atoms with E-state index in [1.165, 1.54) is 25.7 Å². The number of nitriles is 1. The zero-order chi connectivity index (χ0) is 13.9. The third kappa shape index (κ3) is 2.72. The fourth-order valence-electron chi connectivity index (χ4n) is 3.54. The predicted molar refractivity (Wildman–Crippen MR) is 77.0 cm³/mol. The highest BCUT2D eigenvalue weighted by atomic mass is 15.3. The average Bonchev–Trinajstić information content (AvgIpc) is 3.12. The van der Waals surface area contributed by atoms with E-state index in [2.05, 4.69) is 20.9 Å². The summed E-state index contributed by atoms with van der Waals surface area (Å²) in [5.41, 5.74) is 0.879. The van der Waals surface area contributed by atoms with Gasteiger partial charge < -0.3 is 4.57 Å². The Morgan fingerprint density at radius 2 is 1.95 bits per heavy atom. The quantitative estimate of drug-likeness (QED) is 0.838. The minimum Gasteiger partial charge on any atom is -0.340 e. The summed E-state index contributed by atoms with van der Waals surface area (Å²) >= 11 is 0. The van der Waals surface area contributed by atoms with E-state index in [4.69, 9.17) is 0 Å².